The molecule has 122 valence electrons. The normalized spacial score (nSPS) is 10.6. The SMILES string of the molecule is Cc1ccccc1-c1nc(SCC(=O)Nc2ccccc2F)n[nH]1. The topological polar surface area (TPSA) is 70.7 Å². The van der Waals surface area contributed by atoms with E-state index >= 15 is 0 Å². The summed E-state index contributed by atoms with van der Waals surface area (Å²) in [6, 6.07) is 13.9. The molecule has 3 rings (SSSR count). The lowest BCUT2D eigenvalue weighted by molar-refractivity contribution is -0.113. The Labute approximate surface area is 142 Å². The Morgan fingerprint density at radius 2 is 1.96 bits per heavy atom. The number of nitrogens with zero attached hydrogens (tertiary/aromatic N) is 2. The summed E-state index contributed by atoms with van der Waals surface area (Å²) in [4.78, 5) is 16.3. The third-order valence-corrected chi connectivity index (χ3v) is 4.19. The molecule has 0 spiro atoms. The maximum Gasteiger partial charge on any atom is 0.234 e. The van der Waals surface area contributed by atoms with Crippen LogP contribution < -0.4 is 5.32 Å². The molecule has 1 heterocycles. The molecule has 3 aromatic rings. The number of rotatable bonds is 5. The van der Waals surface area contributed by atoms with Gasteiger partial charge in [-0.3, -0.25) is 9.89 Å². The zero-order valence-corrected chi connectivity index (χ0v) is 13.7. The van der Waals surface area contributed by atoms with Gasteiger partial charge in [-0.1, -0.05) is 48.2 Å². The number of benzene rings is 2. The van der Waals surface area contributed by atoms with Gasteiger partial charge in [0.2, 0.25) is 11.1 Å². The molecule has 0 aliphatic carbocycles. The average molecular weight is 342 g/mol. The lowest BCUT2D eigenvalue weighted by atomic mass is 10.1. The maximum absolute atomic E-state index is 13.5. The first-order chi connectivity index (χ1) is 11.6. The lowest BCUT2D eigenvalue weighted by Gasteiger charge is -2.04. The molecule has 2 aromatic carbocycles. The molecule has 0 fully saturated rings. The molecule has 1 aromatic heterocycles. The van der Waals surface area contributed by atoms with Crippen LogP contribution in [-0.4, -0.2) is 26.8 Å². The van der Waals surface area contributed by atoms with Crippen LogP contribution in [0.15, 0.2) is 53.7 Å². The molecule has 0 bridgehead atoms. The quantitative estimate of drug-likeness (QED) is 0.694. The Kier molecular flexibility index (Phi) is 4.90. The van der Waals surface area contributed by atoms with Crippen molar-refractivity contribution in [3.8, 4) is 11.4 Å². The predicted molar refractivity (Wildman–Crippen MR) is 92.3 cm³/mol. The van der Waals surface area contributed by atoms with E-state index in [1.165, 1.54) is 23.9 Å². The molecule has 2 N–H and O–H groups in total. The molecule has 0 aliphatic heterocycles. The Morgan fingerprint density at radius 1 is 1.21 bits per heavy atom. The number of nitrogens with one attached hydrogen (secondary N) is 2. The van der Waals surface area contributed by atoms with Crippen molar-refractivity contribution in [2.24, 2.45) is 0 Å². The molecule has 0 aliphatic rings. The van der Waals surface area contributed by atoms with E-state index in [0.29, 0.717) is 11.0 Å². The largest absolute Gasteiger partial charge is 0.323 e. The number of anilines is 1. The number of aromatic amines is 1. The van der Waals surface area contributed by atoms with E-state index in [4.69, 9.17) is 0 Å². The summed E-state index contributed by atoms with van der Waals surface area (Å²) in [5.41, 5.74) is 2.22. The van der Waals surface area contributed by atoms with Crippen molar-refractivity contribution in [1.29, 1.82) is 0 Å². The smallest absolute Gasteiger partial charge is 0.234 e. The van der Waals surface area contributed by atoms with Crippen LogP contribution >= 0.6 is 11.8 Å². The number of para-hydroxylation sites is 1. The highest BCUT2D eigenvalue weighted by molar-refractivity contribution is 7.99. The molecule has 0 saturated heterocycles. The summed E-state index contributed by atoms with van der Waals surface area (Å²) in [6.45, 7) is 1.99. The molecular weight excluding hydrogens is 327 g/mol. The number of halogens is 1. The Balaban J connectivity index is 1.61. The van der Waals surface area contributed by atoms with E-state index < -0.39 is 5.82 Å². The molecular formula is C17H15FN4OS. The second-order valence-electron chi connectivity index (χ2n) is 5.10. The summed E-state index contributed by atoms with van der Waals surface area (Å²) < 4.78 is 13.5. The molecule has 7 heteroatoms. The Morgan fingerprint density at radius 3 is 2.75 bits per heavy atom. The number of hydrogen-bond donors (Lipinski definition) is 2. The Bertz CT molecular complexity index is 865. The summed E-state index contributed by atoms with van der Waals surface area (Å²) >= 11 is 1.19. The van der Waals surface area contributed by atoms with Crippen molar-refractivity contribution < 1.29 is 9.18 Å². The van der Waals surface area contributed by atoms with Gasteiger partial charge in [0.05, 0.1) is 11.4 Å². The van der Waals surface area contributed by atoms with Gasteiger partial charge in [-0.15, -0.1) is 5.10 Å². The fraction of sp³-hybridized carbons (Fsp3) is 0.118. The van der Waals surface area contributed by atoms with Crippen molar-refractivity contribution in [2.45, 2.75) is 12.1 Å². The molecule has 0 radical (unpaired) electrons. The zero-order chi connectivity index (χ0) is 16.9. The summed E-state index contributed by atoms with van der Waals surface area (Å²) in [6.07, 6.45) is 0. The predicted octanol–water partition coefficient (Wildman–Crippen LogP) is 3.65. The second-order valence-corrected chi connectivity index (χ2v) is 6.04. The van der Waals surface area contributed by atoms with Crippen LogP contribution in [0.4, 0.5) is 10.1 Å². The number of H-pyrrole nitrogens is 1. The third kappa shape index (κ3) is 3.80. The maximum atomic E-state index is 13.5. The molecule has 0 unspecified atom stereocenters. The van der Waals surface area contributed by atoms with Gasteiger partial charge in [0.1, 0.15) is 5.82 Å². The highest BCUT2D eigenvalue weighted by atomic mass is 32.2. The van der Waals surface area contributed by atoms with Gasteiger partial charge in [0, 0.05) is 5.56 Å². The number of carbonyl (C=O) groups is 1. The standard InChI is InChI=1S/C17H15FN4OS/c1-11-6-2-3-7-12(11)16-20-17(22-21-16)24-10-15(23)19-14-9-5-4-8-13(14)18/h2-9H,10H2,1H3,(H,19,23)(H,20,21,22). The van der Waals surface area contributed by atoms with Crippen LogP contribution in [-0.2, 0) is 4.79 Å². The fourth-order valence-electron chi connectivity index (χ4n) is 2.15. The first-order valence-electron chi connectivity index (χ1n) is 7.29. The highest BCUT2D eigenvalue weighted by Gasteiger charge is 2.11. The minimum atomic E-state index is -0.462. The van der Waals surface area contributed by atoms with Crippen LogP contribution in [0.3, 0.4) is 0 Å². The average Bonchev–Trinajstić information content (AvgIpc) is 3.04. The summed E-state index contributed by atoms with van der Waals surface area (Å²) in [5, 5.41) is 9.97. The van der Waals surface area contributed by atoms with Crippen molar-refractivity contribution in [2.75, 3.05) is 11.1 Å². The summed E-state index contributed by atoms with van der Waals surface area (Å²) in [7, 11) is 0. The van der Waals surface area contributed by atoms with Crippen molar-refractivity contribution in [3.63, 3.8) is 0 Å². The van der Waals surface area contributed by atoms with Crippen molar-refractivity contribution >= 4 is 23.4 Å². The van der Waals surface area contributed by atoms with E-state index in [9.17, 15) is 9.18 Å². The number of thioether (sulfide) groups is 1. The van der Waals surface area contributed by atoms with Gasteiger partial charge >= 0.3 is 0 Å². The van der Waals surface area contributed by atoms with Crippen LogP contribution in [0.2, 0.25) is 0 Å². The number of carbonyl (C=O) groups excluding carboxylic acids is 1. The minimum absolute atomic E-state index is 0.0966. The van der Waals surface area contributed by atoms with Gasteiger partial charge in [-0.25, -0.2) is 9.37 Å². The molecule has 1 amide bonds. The zero-order valence-electron chi connectivity index (χ0n) is 12.9. The van der Waals surface area contributed by atoms with Gasteiger partial charge in [0.25, 0.3) is 0 Å². The van der Waals surface area contributed by atoms with E-state index in [1.807, 2.05) is 31.2 Å². The van der Waals surface area contributed by atoms with Crippen molar-refractivity contribution in [3.05, 3.63) is 59.9 Å². The minimum Gasteiger partial charge on any atom is -0.323 e. The molecule has 5 nitrogen and oxygen atoms in total. The number of aryl methyl sites for hydroxylation is 1. The van der Waals surface area contributed by atoms with Gasteiger partial charge in [0.15, 0.2) is 5.82 Å². The Hall–Kier alpha value is -2.67. The summed E-state index contributed by atoms with van der Waals surface area (Å²) in [5.74, 6) is -0.0209. The molecule has 0 saturated carbocycles. The number of hydrogen-bond acceptors (Lipinski definition) is 4. The van der Waals surface area contributed by atoms with E-state index in [1.54, 1.807) is 12.1 Å². The van der Waals surface area contributed by atoms with E-state index in [0.717, 1.165) is 11.1 Å². The van der Waals surface area contributed by atoms with Crippen LogP contribution in [0.1, 0.15) is 5.56 Å². The molecule has 0 atom stereocenters. The van der Waals surface area contributed by atoms with Gasteiger partial charge < -0.3 is 5.32 Å². The van der Waals surface area contributed by atoms with Crippen LogP contribution in [0.5, 0.6) is 0 Å². The van der Waals surface area contributed by atoms with Crippen molar-refractivity contribution in [1.82, 2.24) is 15.2 Å². The van der Waals surface area contributed by atoms with Gasteiger partial charge in [-0.2, -0.15) is 0 Å². The monoisotopic (exact) mass is 342 g/mol. The fourth-order valence-corrected chi connectivity index (χ4v) is 2.75. The van der Waals surface area contributed by atoms with Gasteiger partial charge in [-0.05, 0) is 24.6 Å². The first kappa shape index (κ1) is 16.2. The van der Waals surface area contributed by atoms with E-state index in [-0.39, 0.29) is 17.3 Å². The number of aromatic nitrogens is 3. The first-order valence-corrected chi connectivity index (χ1v) is 8.27. The van der Waals surface area contributed by atoms with Crippen LogP contribution in [0.25, 0.3) is 11.4 Å². The lowest BCUT2D eigenvalue weighted by Crippen LogP contribution is -2.15. The third-order valence-electron chi connectivity index (χ3n) is 3.35. The molecule has 24 heavy (non-hydrogen) atoms. The highest BCUT2D eigenvalue weighted by Crippen LogP contribution is 2.22. The second kappa shape index (κ2) is 7.27. The van der Waals surface area contributed by atoms with Crippen LogP contribution in [0, 0.1) is 12.7 Å². The van der Waals surface area contributed by atoms with E-state index in [2.05, 4.69) is 20.5 Å². The number of amides is 1.